The van der Waals surface area contributed by atoms with Gasteiger partial charge < -0.3 is 31.9 Å². The predicted octanol–water partition coefficient (Wildman–Crippen LogP) is 2.39. The molecule has 0 heterocycles. The van der Waals surface area contributed by atoms with E-state index in [1.165, 1.54) is 0 Å². The van der Waals surface area contributed by atoms with Gasteiger partial charge in [0, 0.05) is 38.8 Å². The van der Waals surface area contributed by atoms with Crippen molar-refractivity contribution < 1.29 is 39.6 Å². The number of aliphatic carboxylic acids is 4. The highest BCUT2D eigenvalue weighted by Gasteiger charge is 1.89. The summed E-state index contributed by atoms with van der Waals surface area (Å²) >= 11 is 0. The monoisotopic (exact) mass is 412 g/mol. The van der Waals surface area contributed by atoms with E-state index in [1.807, 2.05) is 27.7 Å². The van der Waals surface area contributed by atoms with Crippen molar-refractivity contribution in [3.63, 3.8) is 0 Å². The molecule has 0 aromatic rings. The molecule has 8 N–H and O–H groups in total. The molecule has 0 aliphatic heterocycles. The van der Waals surface area contributed by atoms with Gasteiger partial charge in [0.2, 0.25) is 0 Å². The van der Waals surface area contributed by atoms with Gasteiger partial charge in [0.05, 0.1) is 0 Å². The van der Waals surface area contributed by atoms with Gasteiger partial charge in [0.25, 0.3) is 0 Å². The maximum absolute atomic E-state index is 9.60. The third-order valence-corrected chi connectivity index (χ3v) is 2.02. The summed E-state index contributed by atoms with van der Waals surface area (Å²) in [7, 11) is 0. The first kappa shape index (κ1) is 36.7. The summed E-state index contributed by atoms with van der Waals surface area (Å²) in [6.07, 6.45) is 4.09. The van der Waals surface area contributed by atoms with Crippen molar-refractivity contribution in [3.8, 4) is 0 Å². The summed E-state index contributed by atoms with van der Waals surface area (Å²) in [5.41, 5.74) is 9.81. The van der Waals surface area contributed by atoms with Crippen molar-refractivity contribution in [2.24, 2.45) is 11.5 Å². The molecule has 0 spiro atoms. The SMILES string of the molecule is CCCC(=O)O.CCCC(=O)O.CCCC(=O)O.CCCC(=O)O.NCCN. The van der Waals surface area contributed by atoms with Crippen LogP contribution in [0.15, 0.2) is 0 Å². The van der Waals surface area contributed by atoms with Gasteiger partial charge in [0.1, 0.15) is 0 Å². The van der Waals surface area contributed by atoms with Gasteiger partial charge in [-0.25, -0.2) is 0 Å². The first-order valence-electron chi connectivity index (χ1n) is 9.27. The number of carboxylic acids is 4. The summed E-state index contributed by atoms with van der Waals surface area (Å²) in [6.45, 7) is 8.56. The number of carboxylic acid groups (broad SMARTS) is 4. The largest absolute Gasteiger partial charge is 0.481 e. The molecule has 10 heteroatoms. The standard InChI is InChI=1S/4C4H8O2.C2H8N2/c4*1-2-3-4(5)6;3-1-2-4/h4*2-3H2,1H3,(H,5,6);1-4H2. The van der Waals surface area contributed by atoms with E-state index < -0.39 is 23.9 Å². The van der Waals surface area contributed by atoms with Gasteiger partial charge in [-0.15, -0.1) is 0 Å². The maximum Gasteiger partial charge on any atom is 0.303 e. The fourth-order valence-electron chi connectivity index (χ4n) is 0.855. The zero-order valence-corrected chi connectivity index (χ0v) is 17.6. The highest BCUT2D eigenvalue weighted by molar-refractivity contribution is 5.67. The molecule has 170 valence electrons. The van der Waals surface area contributed by atoms with E-state index in [0.717, 1.165) is 25.7 Å². The van der Waals surface area contributed by atoms with Gasteiger partial charge >= 0.3 is 23.9 Å². The van der Waals surface area contributed by atoms with Crippen LogP contribution in [-0.4, -0.2) is 57.4 Å². The molecule has 0 bridgehead atoms. The highest BCUT2D eigenvalue weighted by atomic mass is 16.4. The number of nitrogens with two attached hydrogens (primary N) is 2. The Morgan fingerprint density at radius 1 is 0.500 bits per heavy atom. The molecule has 10 nitrogen and oxygen atoms in total. The molecular weight excluding hydrogens is 372 g/mol. The fourth-order valence-corrected chi connectivity index (χ4v) is 0.855. The molecule has 0 atom stereocenters. The van der Waals surface area contributed by atoms with Crippen molar-refractivity contribution in [2.45, 2.75) is 79.1 Å². The number of hydrogen-bond donors (Lipinski definition) is 6. The molecule has 0 aliphatic carbocycles. The van der Waals surface area contributed by atoms with E-state index in [9.17, 15) is 19.2 Å². The summed E-state index contributed by atoms with van der Waals surface area (Å²) in [6, 6.07) is 0. The Hall–Kier alpha value is -2.20. The van der Waals surface area contributed by atoms with E-state index in [2.05, 4.69) is 0 Å². The van der Waals surface area contributed by atoms with Gasteiger partial charge in [-0.1, -0.05) is 27.7 Å². The highest BCUT2D eigenvalue weighted by Crippen LogP contribution is 1.83. The van der Waals surface area contributed by atoms with E-state index in [0.29, 0.717) is 38.8 Å². The molecule has 0 amide bonds. The topological polar surface area (TPSA) is 201 Å². The van der Waals surface area contributed by atoms with Crippen molar-refractivity contribution in [2.75, 3.05) is 13.1 Å². The Morgan fingerprint density at radius 2 is 0.643 bits per heavy atom. The number of rotatable bonds is 9. The number of carbonyl (C=O) groups is 4. The van der Waals surface area contributed by atoms with Crippen molar-refractivity contribution in [1.82, 2.24) is 0 Å². The van der Waals surface area contributed by atoms with Crippen LogP contribution >= 0.6 is 0 Å². The summed E-state index contributed by atoms with van der Waals surface area (Å²) in [4.78, 5) is 38.4. The molecule has 0 aromatic heterocycles. The Balaban J connectivity index is -0.0000000793. The lowest BCUT2D eigenvalue weighted by Crippen LogP contribution is -2.11. The Bertz CT molecular complexity index is 297. The van der Waals surface area contributed by atoms with Crippen LogP contribution in [0.4, 0.5) is 0 Å². The van der Waals surface area contributed by atoms with E-state index in [-0.39, 0.29) is 0 Å². The summed E-state index contributed by atoms with van der Waals surface area (Å²) in [5.74, 6) is -2.84. The Labute approximate surface area is 167 Å². The first-order valence-corrected chi connectivity index (χ1v) is 9.27. The molecule has 0 radical (unpaired) electrons. The van der Waals surface area contributed by atoms with Crippen LogP contribution in [0.25, 0.3) is 0 Å². The lowest BCUT2D eigenvalue weighted by molar-refractivity contribution is -0.138. The summed E-state index contributed by atoms with van der Waals surface area (Å²) < 4.78 is 0. The van der Waals surface area contributed by atoms with Crippen LogP contribution in [0.3, 0.4) is 0 Å². The zero-order chi connectivity index (χ0) is 23.4. The molecule has 0 unspecified atom stereocenters. The fraction of sp³-hybridized carbons (Fsp3) is 0.778. The average molecular weight is 413 g/mol. The maximum atomic E-state index is 9.60. The molecule has 0 aliphatic rings. The Morgan fingerprint density at radius 3 is 0.643 bits per heavy atom. The van der Waals surface area contributed by atoms with Crippen LogP contribution < -0.4 is 11.5 Å². The Kier molecular flexibility index (Phi) is 46.9. The normalized spacial score (nSPS) is 8.07. The zero-order valence-electron chi connectivity index (χ0n) is 17.6. The van der Waals surface area contributed by atoms with E-state index in [1.54, 1.807) is 0 Å². The van der Waals surface area contributed by atoms with Crippen LogP contribution in [0.1, 0.15) is 79.1 Å². The molecule has 0 saturated heterocycles. The van der Waals surface area contributed by atoms with Crippen LogP contribution in [0.2, 0.25) is 0 Å². The quantitative estimate of drug-likeness (QED) is 0.326. The minimum atomic E-state index is -0.711. The van der Waals surface area contributed by atoms with Crippen LogP contribution in [-0.2, 0) is 19.2 Å². The van der Waals surface area contributed by atoms with E-state index >= 15 is 0 Å². The van der Waals surface area contributed by atoms with Crippen LogP contribution in [0, 0.1) is 0 Å². The smallest absolute Gasteiger partial charge is 0.303 e. The van der Waals surface area contributed by atoms with Gasteiger partial charge in [-0.2, -0.15) is 0 Å². The average Bonchev–Trinajstić information content (AvgIpc) is 2.56. The minimum Gasteiger partial charge on any atom is -0.481 e. The second kappa shape index (κ2) is 35.8. The van der Waals surface area contributed by atoms with E-state index in [4.69, 9.17) is 31.9 Å². The molecule has 0 saturated carbocycles. The molecule has 28 heavy (non-hydrogen) atoms. The molecule has 0 aromatic carbocycles. The van der Waals surface area contributed by atoms with Gasteiger partial charge in [0.15, 0.2) is 0 Å². The predicted molar refractivity (Wildman–Crippen MR) is 108 cm³/mol. The molecular formula is C18H40N2O8. The van der Waals surface area contributed by atoms with Gasteiger partial charge in [-0.05, 0) is 25.7 Å². The van der Waals surface area contributed by atoms with Gasteiger partial charge in [-0.3, -0.25) is 19.2 Å². The molecule has 0 rings (SSSR count). The van der Waals surface area contributed by atoms with Crippen molar-refractivity contribution in [3.05, 3.63) is 0 Å². The lowest BCUT2D eigenvalue weighted by atomic mass is 10.4. The minimum absolute atomic E-state index is 0.292. The van der Waals surface area contributed by atoms with Crippen molar-refractivity contribution >= 4 is 23.9 Å². The second-order valence-corrected chi connectivity index (χ2v) is 5.15. The first-order chi connectivity index (χ1) is 13.0. The third kappa shape index (κ3) is 106. The molecule has 0 fully saturated rings. The van der Waals surface area contributed by atoms with Crippen molar-refractivity contribution in [1.29, 1.82) is 0 Å². The third-order valence-electron chi connectivity index (χ3n) is 2.02. The van der Waals surface area contributed by atoms with Crippen LogP contribution in [0.5, 0.6) is 0 Å². The second-order valence-electron chi connectivity index (χ2n) is 5.15. The number of hydrogen-bond acceptors (Lipinski definition) is 6. The lowest BCUT2D eigenvalue weighted by Gasteiger charge is -1.79. The summed E-state index contributed by atoms with van der Waals surface area (Å²) in [5, 5.41) is 31.7.